The molecule has 140 valence electrons. The van der Waals surface area contributed by atoms with Crippen molar-refractivity contribution >= 4 is 21.6 Å². The predicted octanol–water partition coefficient (Wildman–Crippen LogP) is 0.833. The lowest BCUT2D eigenvalue weighted by molar-refractivity contribution is -0.116. The average molecular weight is 388 g/mol. The van der Waals surface area contributed by atoms with Crippen LogP contribution in [-0.2, 0) is 34.8 Å². The van der Waals surface area contributed by atoms with Crippen molar-refractivity contribution in [3.05, 3.63) is 42.0 Å². The molecule has 0 saturated heterocycles. The van der Waals surface area contributed by atoms with Gasteiger partial charge in [0.25, 0.3) is 0 Å². The quantitative estimate of drug-likeness (QED) is 0.662. The van der Waals surface area contributed by atoms with E-state index in [2.05, 4.69) is 25.3 Å². The Morgan fingerprint density at radius 3 is 2.96 bits per heavy atom. The van der Waals surface area contributed by atoms with Crippen molar-refractivity contribution < 1.29 is 17.7 Å². The van der Waals surface area contributed by atoms with Crippen molar-refractivity contribution in [3.63, 3.8) is 0 Å². The first-order valence-electron chi connectivity index (χ1n) is 8.15. The molecule has 1 aliphatic heterocycles. The Hall–Kier alpha value is -3.05. The highest BCUT2D eigenvalue weighted by Gasteiger charge is 2.21. The van der Waals surface area contributed by atoms with Gasteiger partial charge in [-0.25, -0.2) is 13.1 Å². The van der Waals surface area contributed by atoms with E-state index in [0.29, 0.717) is 29.9 Å². The summed E-state index contributed by atoms with van der Waals surface area (Å²) in [5.74, 6) is 0.404. The number of carbonyl (C=O) groups is 1. The minimum Gasteiger partial charge on any atom is -0.338 e. The predicted molar refractivity (Wildman–Crippen MR) is 93.9 cm³/mol. The third-order valence-corrected chi connectivity index (χ3v) is 5.53. The lowest BCUT2D eigenvalue weighted by Gasteiger charge is -2.17. The molecule has 0 unspecified atom stereocenters. The molecule has 0 fully saturated rings. The summed E-state index contributed by atoms with van der Waals surface area (Å²) >= 11 is 0. The molecule has 0 atom stereocenters. The highest BCUT2D eigenvalue weighted by Crippen LogP contribution is 2.25. The summed E-state index contributed by atoms with van der Waals surface area (Å²) in [6.07, 6.45) is 4.15. The number of rotatable bonds is 5. The molecule has 0 spiro atoms. The number of sulfonamides is 1. The second-order valence-electron chi connectivity index (χ2n) is 6.11. The Bertz CT molecular complexity index is 1120. The zero-order valence-corrected chi connectivity index (χ0v) is 15.2. The fraction of sp³-hybridized carbons (Fsp3) is 0.250. The third kappa shape index (κ3) is 3.59. The zero-order chi connectivity index (χ0) is 19.0. The number of hydrogen-bond acceptors (Lipinski definition) is 7. The van der Waals surface area contributed by atoms with E-state index in [9.17, 15) is 13.2 Å². The van der Waals surface area contributed by atoms with Gasteiger partial charge in [-0.2, -0.15) is 10.1 Å². The number of nitrogens with one attached hydrogen (secondary N) is 2. The fourth-order valence-electron chi connectivity index (χ4n) is 2.75. The summed E-state index contributed by atoms with van der Waals surface area (Å²) in [6, 6.07) is 4.60. The minimum atomic E-state index is -3.76. The number of hydrogen-bond donors (Lipinski definition) is 2. The first kappa shape index (κ1) is 17.4. The van der Waals surface area contributed by atoms with Crippen molar-refractivity contribution in [2.75, 3.05) is 5.32 Å². The maximum atomic E-state index is 12.5. The number of nitrogens with zero attached hydrogens (tertiary/aromatic N) is 4. The Labute approximate surface area is 154 Å². The van der Waals surface area contributed by atoms with Crippen LogP contribution in [0.5, 0.6) is 0 Å². The zero-order valence-electron chi connectivity index (χ0n) is 14.3. The molecule has 3 aromatic rings. The van der Waals surface area contributed by atoms with E-state index in [1.807, 2.05) is 0 Å². The molecule has 0 bridgehead atoms. The van der Waals surface area contributed by atoms with Crippen molar-refractivity contribution in [2.24, 2.45) is 7.05 Å². The molecule has 1 aromatic carbocycles. The summed E-state index contributed by atoms with van der Waals surface area (Å²) in [4.78, 5) is 15.7. The van der Waals surface area contributed by atoms with Crippen LogP contribution in [0.15, 0.2) is 40.0 Å². The number of aromatic nitrogens is 4. The van der Waals surface area contributed by atoms with E-state index in [1.54, 1.807) is 36.3 Å². The summed E-state index contributed by atoms with van der Waals surface area (Å²) in [6.45, 7) is -0.135. The van der Waals surface area contributed by atoms with E-state index >= 15 is 0 Å². The fourth-order valence-corrected chi connectivity index (χ4v) is 3.77. The minimum absolute atomic E-state index is 0.0722. The van der Waals surface area contributed by atoms with Crippen molar-refractivity contribution in [2.45, 2.75) is 24.3 Å². The Balaban J connectivity index is 1.48. The topological polar surface area (TPSA) is 132 Å². The van der Waals surface area contributed by atoms with Crippen LogP contribution in [0.2, 0.25) is 0 Å². The van der Waals surface area contributed by atoms with Crippen molar-refractivity contribution in [1.82, 2.24) is 24.6 Å². The normalized spacial score (nSPS) is 14.0. The summed E-state index contributed by atoms with van der Waals surface area (Å²) in [5.41, 5.74) is 2.10. The smallest absolute Gasteiger partial charge is 0.242 e. The summed E-state index contributed by atoms with van der Waals surface area (Å²) in [7, 11) is -2.00. The van der Waals surface area contributed by atoms with Crippen LogP contribution < -0.4 is 10.0 Å². The van der Waals surface area contributed by atoms with Crippen LogP contribution in [-0.4, -0.2) is 34.2 Å². The largest absolute Gasteiger partial charge is 0.338 e. The Kier molecular flexibility index (Phi) is 4.24. The monoisotopic (exact) mass is 388 g/mol. The SMILES string of the molecule is Cn1cc(-c2noc(CNS(=O)(=O)c3ccc4c(c3)CCC(=O)N4)n2)cn1. The molecule has 1 aliphatic rings. The first-order valence-corrected chi connectivity index (χ1v) is 9.63. The maximum Gasteiger partial charge on any atom is 0.242 e. The van der Waals surface area contributed by atoms with E-state index in [-0.39, 0.29) is 23.2 Å². The van der Waals surface area contributed by atoms with Gasteiger partial charge in [0.2, 0.25) is 27.6 Å². The van der Waals surface area contributed by atoms with Gasteiger partial charge >= 0.3 is 0 Å². The molecule has 0 radical (unpaired) electrons. The molecule has 10 nitrogen and oxygen atoms in total. The van der Waals surface area contributed by atoms with Gasteiger partial charge in [-0.05, 0) is 30.2 Å². The van der Waals surface area contributed by atoms with Crippen LogP contribution in [0, 0.1) is 0 Å². The van der Waals surface area contributed by atoms with Crippen molar-refractivity contribution in [3.8, 4) is 11.4 Å². The average Bonchev–Trinajstić information content (AvgIpc) is 3.28. The molecular formula is C16H16N6O4S. The summed E-state index contributed by atoms with van der Waals surface area (Å²) in [5, 5.41) is 10.6. The number of aryl methyl sites for hydroxylation is 2. The van der Waals surface area contributed by atoms with Crippen LogP contribution in [0.4, 0.5) is 5.69 Å². The molecule has 3 heterocycles. The maximum absolute atomic E-state index is 12.5. The molecule has 2 N–H and O–H groups in total. The van der Waals surface area contributed by atoms with Crippen LogP contribution >= 0.6 is 0 Å². The lowest BCUT2D eigenvalue weighted by atomic mass is 10.0. The Morgan fingerprint density at radius 2 is 2.19 bits per heavy atom. The molecule has 0 saturated carbocycles. The molecule has 2 aromatic heterocycles. The second-order valence-corrected chi connectivity index (χ2v) is 7.87. The van der Waals surface area contributed by atoms with Crippen LogP contribution in [0.25, 0.3) is 11.4 Å². The van der Waals surface area contributed by atoms with Crippen LogP contribution in [0.3, 0.4) is 0 Å². The number of anilines is 1. The second kappa shape index (κ2) is 6.59. The van der Waals surface area contributed by atoms with Crippen LogP contribution in [0.1, 0.15) is 17.9 Å². The van der Waals surface area contributed by atoms with Gasteiger partial charge in [0.15, 0.2) is 0 Å². The third-order valence-electron chi connectivity index (χ3n) is 4.13. The van der Waals surface area contributed by atoms with Gasteiger partial charge in [0.1, 0.15) is 0 Å². The van der Waals surface area contributed by atoms with Gasteiger partial charge in [-0.3, -0.25) is 9.48 Å². The molecule has 11 heteroatoms. The molecular weight excluding hydrogens is 372 g/mol. The Morgan fingerprint density at radius 1 is 1.33 bits per heavy atom. The number of amides is 1. The molecule has 1 amide bonds. The van der Waals surface area contributed by atoms with Gasteiger partial charge < -0.3 is 9.84 Å². The van der Waals surface area contributed by atoms with E-state index in [1.165, 1.54) is 6.07 Å². The van der Waals surface area contributed by atoms with Crippen molar-refractivity contribution in [1.29, 1.82) is 0 Å². The highest BCUT2D eigenvalue weighted by atomic mass is 32.2. The van der Waals surface area contributed by atoms with Gasteiger partial charge in [0, 0.05) is 25.4 Å². The standard InChI is InChI=1S/C16H16N6O4S/c1-22-9-11(7-17-22)16-20-15(26-21-16)8-18-27(24,25)12-3-4-13-10(6-12)2-5-14(23)19-13/h3-4,6-7,9,18H,2,5,8H2,1H3,(H,19,23). The van der Waals surface area contributed by atoms with Gasteiger partial charge in [-0.15, -0.1) is 0 Å². The number of fused-ring (bicyclic) bond motifs is 1. The molecule has 4 rings (SSSR count). The highest BCUT2D eigenvalue weighted by molar-refractivity contribution is 7.89. The van der Waals surface area contributed by atoms with Gasteiger partial charge in [-0.1, -0.05) is 5.16 Å². The number of carbonyl (C=O) groups excluding carboxylic acids is 1. The number of benzene rings is 1. The summed E-state index contributed by atoms with van der Waals surface area (Å²) < 4.78 is 34.2. The van der Waals surface area contributed by atoms with E-state index in [4.69, 9.17) is 4.52 Å². The van der Waals surface area contributed by atoms with E-state index in [0.717, 1.165) is 5.56 Å². The molecule has 0 aliphatic carbocycles. The first-order chi connectivity index (χ1) is 12.9. The lowest BCUT2D eigenvalue weighted by Crippen LogP contribution is -2.24. The van der Waals surface area contributed by atoms with Gasteiger partial charge in [0.05, 0.1) is 23.2 Å². The molecule has 27 heavy (non-hydrogen) atoms. The van der Waals surface area contributed by atoms with E-state index < -0.39 is 10.0 Å².